The minimum atomic E-state index is -0.154. The van der Waals surface area contributed by atoms with Gasteiger partial charge in [-0.3, -0.25) is 0 Å². The molecule has 0 aromatic heterocycles. The minimum absolute atomic E-state index is 0.154. The largest absolute Gasteiger partial charge is 0.381 e. The zero-order valence-electron chi connectivity index (χ0n) is 12.4. The highest BCUT2D eigenvalue weighted by Crippen LogP contribution is 2.63. The summed E-state index contributed by atoms with van der Waals surface area (Å²) in [6.45, 7) is 9.18. The standard InChI is InChI=1S/C17H24FN/c1-11-5-6-13(18)9-14(11)19-15-16(2,3)12-7-8-17(15,4)10-12/h5-6,9,12,15,19H,7-8,10H2,1-4H3. The lowest BCUT2D eigenvalue weighted by molar-refractivity contribution is 0.155. The Bertz CT molecular complexity index is 503. The molecule has 3 atom stereocenters. The fourth-order valence-corrected chi connectivity index (χ4v) is 4.57. The predicted molar refractivity (Wildman–Crippen MR) is 77.8 cm³/mol. The maximum atomic E-state index is 13.5. The summed E-state index contributed by atoms with van der Waals surface area (Å²) >= 11 is 0. The van der Waals surface area contributed by atoms with Crippen molar-refractivity contribution < 1.29 is 4.39 Å². The Kier molecular flexibility index (Phi) is 2.71. The Balaban J connectivity index is 1.92. The topological polar surface area (TPSA) is 12.0 Å². The van der Waals surface area contributed by atoms with Gasteiger partial charge >= 0.3 is 0 Å². The second-order valence-electron chi connectivity index (χ2n) is 7.45. The zero-order valence-corrected chi connectivity index (χ0v) is 12.4. The number of nitrogens with one attached hydrogen (secondary N) is 1. The third kappa shape index (κ3) is 1.87. The van der Waals surface area contributed by atoms with Crippen molar-refractivity contribution in [1.29, 1.82) is 0 Å². The first kappa shape index (κ1) is 13.0. The van der Waals surface area contributed by atoms with E-state index in [0.717, 1.165) is 17.2 Å². The lowest BCUT2D eigenvalue weighted by Crippen LogP contribution is -2.45. The van der Waals surface area contributed by atoms with Crippen molar-refractivity contribution in [1.82, 2.24) is 0 Å². The van der Waals surface area contributed by atoms with Crippen molar-refractivity contribution in [2.45, 2.75) is 53.0 Å². The normalized spacial score (nSPS) is 35.6. The van der Waals surface area contributed by atoms with Crippen LogP contribution in [0, 0.1) is 29.5 Å². The fourth-order valence-electron chi connectivity index (χ4n) is 4.57. The summed E-state index contributed by atoms with van der Waals surface area (Å²) in [5.41, 5.74) is 2.76. The minimum Gasteiger partial charge on any atom is -0.381 e. The Morgan fingerprint density at radius 2 is 2.00 bits per heavy atom. The number of halogens is 1. The first-order chi connectivity index (χ1) is 8.83. The molecular weight excluding hydrogens is 237 g/mol. The van der Waals surface area contributed by atoms with Crippen LogP contribution >= 0.6 is 0 Å². The van der Waals surface area contributed by atoms with Gasteiger partial charge in [0, 0.05) is 11.7 Å². The first-order valence-corrected chi connectivity index (χ1v) is 7.36. The SMILES string of the molecule is Cc1ccc(F)cc1NC1C2(C)CCC(C2)C1(C)C. The third-order valence-corrected chi connectivity index (χ3v) is 5.77. The molecule has 0 aliphatic heterocycles. The molecule has 1 N–H and O–H groups in total. The molecule has 3 rings (SSSR count). The quantitative estimate of drug-likeness (QED) is 0.809. The monoisotopic (exact) mass is 261 g/mol. The van der Waals surface area contributed by atoms with Crippen LogP contribution in [-0.4, -0.2) is 6.04 Å². The van der Waals surface area contributed by atoms with Crippen LogP contribution in [-0.2, 0) is 0 Å². The predicted octanol–water partition coefficient (Wildman–Crippen LogP) is 4.76. The zero-order chi connectivity index (χ0) is 13.8. The maximum Gasteiger partial charge on any atom is 0.125 e. The third-order valence-electron chi connectivity index (χ3n) is 5.77. The van der Waals surface area contributed by atoms with E-state index < -0.39 is 0 Å². The highest BCUT2D eigenvalue weighted by atomic mass is 19.1. The summed E-state index contributed by atoms with van der Waals surface area (Å²) in [5.74, 6) is 0.656. The van der Waals surface area contributed by atoms with E-state index in [9.17, 15) is 4.39 Å². The molecule has 2 heteroatoms. The smallest absolute Gasteiger partial charge is 0.125 e. The lowest BCUT2D eigenvalue weighted by Gasteiger charge is -2.44. The molecular formula is C17H24FN. The molecule has 2 fully saturated rings. The van der Waals surface area contributed by atoms with Gasteiger partial charge in [-0.25, -0.2) is 4.39 Å². The van der Waals surface area contributed by atoms with Gasteiger partial charge in [-0.1, -0.05) is 26.8 Å². The van der Waals surface area contributed by atoms with E-state index in [2.05, 4.69) is 26.1 Å². The van der Waals surface area contributed by atoms with Crippen LogP contribution in [0.1, 0.15) is 45.6 Å². The van der Waals surface area contributed by atoms with Gasteiger partial charge in [0.1, 0.15) is 5.82 Å². The number of aryl methyl sites for hydroxylation is 1. The first-order valence-electron chi connectivity index (χ1n) is 7.36. The molecule has 2 aliphatic rings. The molecule has 104 valence electrons. The van der Waals surface area contributed by atoms with E-state index >= 15 is 0 Å². The van der Waals surface area contributed by atoms with Crippen LogP contribution in [0.5, 0.6) is 0 Å². The van der Waals surface area contributed by atoms with Gasteiger partial charge in [-0.05, 0) is 60.6 Å². The summed E-state index contributed by atoms with van der Waals surface area (Å²) in [6, 6.07) is 5.48. The maximum absolute atomic E-state index is 13.5. The Labute approximate surface area is 115 Å². The Morgan fingerprint density at radius 1 is 1.26 bits per heavy atom. The van der Waals surface area contributed by atoms with Crippen LogP contribution in [0.2, 0.25) is 0 Å². The fraction of sp³-hybridized carbons (Fsp3) is 0.647. The number of hydrogen-bond donors (Lipinski definition) is 1. The molecule has 0 amide bonds. The van der Waals surface area contributed by atoms with Crippen molar-refractivity contribution in [3.63, 3.8) is 0 Å². The Morgan fingerprint density at radius 3 is 2.63 bits per heavy atom. The van der Waals surface area contributed by atoms with Crippen molar-refractivity contribution in [2.24, 2.45) is 16.7 Å². The average Bonchev–Trinajstić information content (AvgIpc) is 2.80. The van der Waals surface area contributed by atoms with Gasteiger partial charge in [0.2, 0.25) is 0 Å². The highest BCUT2D eigenvalue weighted by molar-refractivity contribution is 5.52. The van der Waals surface area contributed by atoms with Gasteiger partial charge in [-0.15, -0.1) is 0 Å². The van der Waals surface area contributed by atoms with Gasteiger partial charge in [0.25, 0.3) is 0 Å². The molecule has 2 aliphatic carbocycles. The summed E-state index contributed by atoms with van der Waals surface area (Å²) < 4.78 is 13.5. The molecule has 2 bridgehead atoms. The molecule has 0 spiro atoms. The second-order valence-corrected chi connectivity index (χ2v) is 7.45. The molecule has 3 unspecified atom stereocenters. The lowest BCUT2D eigenvalue weighted by atomic mass is 9.68. The van der Waals surface area contributed by atoms with Crippen molar-refractivity contribution >= 4 is 5.69 Å². The number of anilines is 1. The van der Waals surface area contributed by atoms with Gasteiger partial charge < -0.3 is 5.32 Å². The number of hydrogen-bond acceptors (Lipinski definition) is 1. The van der Waals surface area contributed by atoms with E-state index in [-0.39, 0.29) is 5.82 Å². The van der Waals surface area contributed by atoms with E-state index in [1.54, 1.807) is 6.07 Å². The van der Waals surface area contributed by atoms with E-state index in [1.165, 1.54) is 25.3 Å². The molecule has 1 aromatic carbocycles. The van der Waals surface area contributed by atoms with Crippen molar-refractivity contribution in [3.05, 3.63) is 29.6 Å². The van der Waals surface area contributed by atoms with Gasteiger partial charge in [0.05, 0.1) is 0 Å². The van der Waals surface area contributed by atoms with Gasteiger partial charge in [-0.2, -0.15) is 0 Å². The summed E-state index contributed by atoms with van der Waals surface area (Å²) in [4.78, 5) is 0. The summed E-state index contributed by atoms with van der Waals surface area (Å²) in [6.07, 6.45) is 3.96. The van der Waals surface area contributed by atoms with Crippen molar-refractivity contribution in [2.75, 3.05) is 5.32 Å². The molecule has 1 aromatic rings. The van der Waals surface area contributed by atoms with E-state index in [0.29, 0.717) is 16.9 Å². The van der Waals surface area contributed by atoms with Crippen molar-refractivity contribution in [3.8, 4) is 0 Å². The number of rotatable bonds is 2. The van der Waals surface area contributed by atoms with Gasteiger partial charge in [0.15, 0.2) is 0 Å². The second kappa shape index (κ2) is 3.97. The molecule has 1 nitrogen and oxygen atoms in total. The highest BCUT2D eigenvalue weighted by Gasteiger charge is 2.59. The molecule has 19 heavy (non-hydrogen) atoms. The van der Waals surface area contributed by atoms with Crippen LogP contribution in [0.4, 0.5) is 10.1 Å². The van der Waals surface area contributed by atoms with Crippen LogP contribution in [0.25, 0.3) is 0 Å². The average molecular weight is 261 g/mol. The van der Waals surface area contributed by atoms with Crippen LogP contribution in [0.15, 0.2) is 18.2 Å². The summed E-state index contributed by atoms with van der Waals surface area (Å²) in [5, 5.41) is 3.67. The Hall–Kier alpha value is -1.05. The number of benzene rings is 1. The summed E-state index contributed by atoms with van der Waals surface area (Å²) in [7, 11) is 0. The van der Waals surface area contributed by atoms with E-state index in [4.69, 9.17) is 0 Å². The number of fused-ring (bicyclic) bond motifs is 2. The van der Waals surface area contributed by atoms with E-state index in [1.807, 2.05) is 13.0 Å². The molecule has 2 saturated carbocycles. The van der Waals surface area contributed by atoms with Crippen LogP contribution < -0.4 is 5.32 Å². The van der Waals surface area contributed by atoms with Crippen LogP contribution in [0.3, 0.4) is 0 Å². The molecule has 0 heterocycles. The molecule has 0 saturated heterocycles. The molecule has 0 radical (unpaired) electrons.